The van der Waals surface area contributed by atoms with Crippen molar-refractivity contribution in [3.8, 4) is 11.5 Å². The van der Waals surface area contributed by atoms with Crippen molar-refractivity contribution >= 4 is 23.5 Å². The van der Waals surface area contributed by atoms with Gasteiger partial charge in [0, 0.05) is 10.6 Å². The van der Waals surface area contributed by atoms with Gasteiger partial charge in [0.05, 0.1) is 5.56 Å². The number of carbonyl (C=O) groups excluding carboxylic acids is 1. The Morgan fingerprint density at radius 1 is 1.18 bits per heavy atom. The zero-order valence-corrected chi connectivity index (χ0v) is 13.0. The molecule has 0 fully saturated rings. The molecule has 3 nitrogen and oxygen atoms in total. The third-order valence-electron chi connectivity index (χ3n) is 3.34. The van der Waals surface area contributed by atoms with E-state index in [-0.39, 0.29) is 22.8 Å². The lowest BCUT2D eigenvalue weighted by Crippen LogP contribution is -1.98. The van der Waals surface area contributed by atoms with Gasteiger partial charge in [-0.2, -0.15) is 0 Å². The van der Waals surface area contributed by atoms with Crippen LogP contribution in [0.2, 0.25) is 5.02 Å². The number of halogens is 1. The highest BCUT2D eigenvalue weighted by molar-refractivity contribution is 6.32. The molecular weight excluding hydrogens is 300 g/mol. The minimum atomic E-state index is -0.338. The first-order valence-electron chi connectivity index (χ1n) is 7.05. The molecule has 0 saturated carbocycles. The minimum Gasteiger partial charge on any atom is -0.508 e. The summed E-state index contributed by atoms with van der Waals surface area (Å²) >= 11 is 6.03. The Bertz CT molecular complexity index is 720. The highest BCUT2D eigenvalue weighted by atomic mass is 35.5. The molecule has 2 aromatic carbocycles. The van der Waals surface area contributed by atoms with E-state index < -0.39 is 0 Å². The maximum Gasteiger partial charge on any atom is 0.189 e. The van der Waals surface area contributed by atoms with Crippen molar-refractivity contribution in [2.24, 2.45) is 0 Å². The lowest BCUT2D eigenvalue weighted by Gasteiger charge is -2.09. The summed E-state index contributed by atoms with van der Waals surface area (Å²) in [6, 6.07) is 10.0. The highest BCUT2D eigenvalue weighted by Gasteiger charge is 2.15. The fourth-order valence-electron chi connectivity index (χ4n) is 2.19. The molecule has 0 aliphatic heterocycles. The van der Waals surface area contributed by atoms with Gasteiger partial charge in [0.1, 0.15) is 11.5 Å². The van der Waals surface area contributed by atoms with Crippen LogP contribution in [0.1, 0.15) is 34.8 Å². The van der Waals surface area contributed by atoms with Crippen LogP contribution in [0, 0.1) is 0 Å². The summed E-state index contributed by atoms with van der Waals surface area (Å²) in [5, 5.41) is 20.5. The fourth-order valence-corrected chi connectivity index (χ4v) is 2.39. The molecule has 2 aromatic rings. The van der Waals surface area contributed by atoms with Gasteiger partial charge in [-0.25, -0.2) is 0 Å². The molecule has 4 heteroatoms. The van der Waals surface area contributed by atoms with E-state index in [0.717, 1.165) is 12.0 Å². The average Bonchev–Trinajstić information content (AvgIpc) is 2.50. The first-order valence-corrected chi connectivity index (χ1v) is 7.43. The number of allylic oxidation sites excluding steroid dienone is 1. The second kappa shape index (κ2) is 7.14. The molecule has 0 heterocycles. The smallest absolute Gasteiger partial charge is 0.189 e. The molecule has 0 spiro atoms. The third-order valence-corrected chi connectivity index (χ3v) is 3.69. The van der Waals surface area contributed by atoms with Crippen LogP contribution in [0.4, 0.5) is 0 Å². The first kappa shape index (κ1) is 16.1. The van der Waals surface area contributed by atoms with Crippen molar-refractivity contribution in [3.63, 3.8) is 0 Å². The Labute approximate surface area is 134 Å². The van der Waals surface area contributed by atoms with Crippen LogP contribution in [0.25, 0.3) is 6.08 Å². The number of ketones is 1. The molecule has 0 atom stereocenters. The molecule has 114 valence electrons. The molecule has 0 bridgehead atoms. The largest absolute Gasteiger partial charge is 0.508 e. The molecule has 0 radical (unpaired) electrons. The van der Waals surface area contributed by atoms with Gasteiger partial charge in [-0.05, 0) is 42.3 Å². The van der Waals surface area contributed by atoms with E-state index in [1.54, 1.807) is 18.2 Å². The second-order valence-corrected chi connectivity index (χ2v) is 5.34. The lowest BCUT2D eigenvalue weighted by atomic mass is 10.0. The number of phenols is 2. The Morgan fingerprint density at radius 3 is 2.59 bits per heavy atom. The molecule has 2 N–H and O–H groups in total. The van der Waals surface area contributed by atoms with Gasteiger partial charge in [-0.15, -0.1) is 0 Å². The highest BCUT2D eigenvalue weighted by Crippen LogP contribution is 2.32. The zero-order valence-electron chi connectivity index (χ0n) is 12.2. The monoisotopic (exact) mass is 316 g/mol. The number of phenolic OH excluding ortho intramolecular Hbond substituents is 2. The predicted octanol–water partition coefficient (Wildman–Crippen LogP) is 4.60. The van der Waals surface area contributed by atoms with Gasteiger partial charge in [-0.3, -0.25) is 4.79 Å². The fraction of sp³-hybridized carbons (Fsp3) is 0.167. The maximum absolute atomic E-state index is 12.2. The van der Waals surface area contributed by atoms with E-state index in [1.165, 1.54) is 18.2 Å². The van der Waals surface area contributed by atoms with Crippen molar-refractivity contribution < 1.29 is 15.0 Å². The van der Waals surface area contributed by atoms with Crippen LogP contribution in [0.3, 0.4) is 0 Å². The number of rotatable bonds is 5. The van der Waals surface area contributed by atoms with Gasteiger partial charge < -0.3 is 10.2 Å². The molecular formula is C18H17ClO3. The van der Waals surface area contributed by atoms with Crippen LogP contribution < -0.4 is 0 Å². The van der Waals surface area contributed by atoms with Crippen molar-refractivity contribution in [1.82, 2.24) is 0 Å². The number of carbonyl (C=O) groups is 1. The van der Waals surface area contributed by atoms with Crippen LogP contribution in [-0.4, -0.2) is 16.0 Å². The topological polar surface area (TPSA) is 57.5 Å². The Morgan fingerprint density at radius 2 is 1.91 bits per heavy atom. The van der Waals surface area contributed by atoms with Gasteiger partial charge in [0.15, 0.2) is 5.78 Å². The Kier molecular flexibility index (Phi) is 5.23. The number of hydrogen-bond donors (Lipinski definition) is 2. The minimum absolute atomic E-state index is 0.00554. The van der Waals surface area contributed by atoms with Gasteiger partial charge in [0.2, 0.25) is 0 Å². The van der Waals surface area contributed by atoms with Crippen LogP contribution in [0.15, 0.2) is 42.5 Å². The summed E-state index contributed by atoms with van der Waals surface area (Å²) in [5.74, 6) is -0.489. The number of hydrogen-bond acceptors (Lipinski definition) is 3. The van der Waals surface area contributed by atoms with Crippen LogP contribution >= 0.6 is 11.6 Å². The molecule has 2 rings (SSSR count). The standard InChI is InChI=1S/C18H17ClO3/c1-2-5-13-17(21)11-9-14(18(13)22)16(20)10-8-12-6-3-4-7-15(12)19/h3-4,6-11,21-22H,2,5H2,1H3/b10-8+. The summed E-state index contributed by atoms with van der Waals surface area (Å²) in [7, 11) is 0. The van der Waals surface area contributed by atoms with E-state index in [1.807, 2.05) is 19.1 Å². The molecule has 0 aliphatic rings. The quantitative estimate of drug-likeness (QED) is 0.626. The summed E-state index contributed by atoms with van der Waals surface area (Å²) in [6.07, 6.45) is 4.24. The summed E-state index contributed by atoms with van der Waals surface area (Å²) in [4.78, 5) is 12.2. The van der Waals surface area contributed by atoms with Crippen molar-refractivity contribution in [2.75, 3.05) is 0 Å². The van der Waals surface area contributed by atoms with Crippen molar-refractivity contribution in [2.45, 2.75) is 19.8 Å². The van der Waals surface area contributed by atoms with Gasteiger partial charge >= 0.3 is 0 Å². The number of aromatic hydroxyl groups is 2. The molecule has 0 unspecified atom stereocenters. The van der Waals surface area contributed by atoms with Crippen LogP contribution in [-0.2, 0) is 6.42 Å². The Balaban J connectivity index is 2.31. The second-order valence-electron chi connectivity index (χ2n) is 4.93. The molecule has 0 amide bonds. The predicted molar refractivity (Wildman–Crippen MR) is 88.6 cm³/mol. The summed E-state index contributed by atoms with van der Waals surface area (Å²) < 4.78 is 0. The third kappa shape index (κ3) is 3.49. The molecule has 0 aromatic heterocycles. The molecule has 22 heavy (non-hydrogen) atoms. The van der Waals surface area contributed by atoms with Crippen molar-refractivity contribution in [1.29, 1.82) is 0 Å². The number of benzene rings is 2. The summed E-state index contributed by atoms with van der Waals surface area (Å²) in [6.45, 7) is 1.94. The van der Waals surface area contributed by atoms with E-state index in [0.29, 0.717) is 17.0 Å². The SMILES string of the molecule is CCCc1c(O)ccc(C(=O)/C=C/c2ccccc2Cl)c1O. The normalized spacial score (nSPS) is 11.0. The molecule has 0 aliphatic carbocycles. The lowest BCUT2D eigenvalue weighted by molar-refractivity contribution is 0.104. The molecule has 0 saturated heterocycles. The first-order chi connectivity index (χ1) is 10.5. The van der Waals surface area contributed by atoms with Crippen LogP contribution in [0.5, 0.6) is 11.5 Å². The van der Waals surface area contributed by atoms with E-state index in [4.69, 9.17) is 11.6 Å². The maximum atomic E-state index is 12.2. The van der Waals surface area contributed by atoms with Crippen molar-refractivity contribution in [3.05, 3.63) is 64.2 Å². The zero-order chi connectivity index (χ0) is 16.1. The van der Waals surface area contributed by atoms with E-state index in [9.17, 15) is 15.0 Å². The van der Waals surface area contributed by atoms with E-state index in [2.05, 4.69) is 0 Å². The van der Waals surface area contributed by atoms with Gasteiger partial charge in [0.25, 0.3) is 0 Å². The average molecular weight is 317 g/mol. The van der Waals surface area contributed by atoms with Gasteiger partial charge in [-0.1, -0.05) is 43.1 Å². The van der Waals surface area contributed by atoms with E-state index >= 15 is 0 Å². The summed E-state index contributed by atoms with van der Waals surface area (Å²) in [5.41, 5.74) is 1.30. The Hall–Kier alpha value is -2.26.